The molecule has 2 heterocycles. The fourth-order valence-electron chi connectivity index (χ4n) is 2.69. The number of anilines is 1. The number of carboxylic acids is 1. The number of hydrogen-bond donors (Lipinski definition) is 1. The average molecular weight is 276 g/mol. The van der Waals surface area contributed by atoms with Gasteiger partial charge in [-0.05, 0) is 36.8 Å². The molecule has 0 unspecified atom stereocenters. The third kappa shape index (κ3) is 3.30. The zero-order valence-corrected chi connectivity index (χ0v) is 12.6. The van der Waals surface area contributed by atoms with E-state index < -0.39 is 5.97 Å². The molecule has 0 spiro atoms. The number of rotatable bonds is 4. The monoisotopic (exact) mass is 276 g/mol. The summed E-state index contributed by atoms with van der Waals surface area (Å²) >= 11 is 0. The molecular formula is C16H24N2O2. The van der Waals surface area contributed by atoms with Gasteiger partial charge in [-0.15, -0.1) is 0 Å². The molecule has 4 nitrogen and oxygen atoms in total. The van der Waals surface area contributed by atoms with Gasteiger partial charge in [-0.3, -0.25) is 0 Å². The van der Waals surface area contributed by atoms with E-state index in [9.17, 15) is 9.90 Å². The van der Waals surface area contributed by atoms with Crippen LogP contribution in [0.15, 0.2) is 12.1 Å². The van der Waals surface area contributed by atoms with Gasteiger partial charge in [0.25, 0.3) is 0 Å². The van der Waals surface area contributed by atoms with Crippen LogP contribution >= 0.6 is 0 Å². The minimum atomic E-state index is -0.876. The Bertz CT molecular complexity index is 477. The predicted octanol–water partition coefficient (Wildman–Crippen LogP) is 3.53. The lowest BCUT2D eigenvalue weighted by atomic mass is 9.94. The molecule has 110 valence electrons. The molecule has 1 aliphatic heterocycles. The first-order chi connectivity index (χ1) is 9.51. The van der Waals surface area contributed by atoms with Crippen molar-refractivity contribution in [3.8, 4) is 0 Å². The Kier molecular flexibility index (Phi) is 4.63. The Morgan fingerprint density at radius 1 is 1.40 bits per heavy atom. The van der Waals surface area contributed by atoms with Gasteiger partial charge in [0.2, 0.25) is 0 Å². The number of pyridine rings is 1. The number of hydrogen-bond acceptors (Lipinski definition) is 3. The Labute approximate surface area is 120 Å². The number of piperidine rings is 1. The molecular weight excluding hydrogens is 252 g/mol. The third-order valence-electron chi connectivity index (χ3n) is 4.19. The van der Waals surface area contributed by atoms with Crippen molar-refractivity contribution in [1.82, 2.24) is 4.98 Å². The highest BCUT2D eigenvalue weighted by atomic mass is 16.4. The van der Waals surface area contributed by atoms with E-state index in [0.29, 0.717) is 5.56 Å². The van der Waals surface area contributed by atoms with Crippen molar-refractivity contribution in [2.24, 2.45) is 5.92 Å². The summed E-state index contributed by atoms with van der Waals surface area (Å²) < 4.78 is 0. The molecule has 1 aromatic rings. The molecule has 20 heavy (non-hydrogen) atoms. The number of nitrogens with zero attached hydrogens (tertiary/aromatic N) is 2. The van der Waals surface area contributed by atoms with E-state index >= 15 is 0 Å². The smallest absolute Gasteiger partial charge is 0.335 e. The maximum Gasteiger partial charge on any atom is 0.335 e. The average Bonchev–Trinajstić information content (AvgIpc) is 2.46. The summed E-state index contributed by atoms with van der Waals surface area (Å²) in [6, 6.07) is 3.40. The van der Waals surface area contributed by atoms with Gasteiger partial charge in [-0.1, -0.05) is 27.2 Å². The Morgan fingerprint density at radius 3 is 2.55 bits per heavy atom. The van der Waals surface area contributed by atoms with Crippen molar-refractivity contribution in [3.63, 3.8) is 0 Å². The highest BCUT2D eigenvalue weighted by Crippen LogP contribution is 2.26. The van der Waals surface area contributed by atoms with Crippen LogP contribution in [0.4, 0.5) is 5.82 Å². The van der Waals surface area contributed by atoms with Gasteiger partial charge >= 0.3 is 5.97 Å². The SMILES string of the molecule is CCC1CCN(c2cc(C(=O)O)cc(C(C)C)n2)CC1. The van der Waals surface area contributed by atoms with Crippen molar-refractivity contribution < 1.29 is 9.90 Å². The summed E-state index contributed by atoms with van der Waals surface area (Å²) in [4.78, 5) is 18.1. The Morgan fingerprint density at radius 2 is 2.05 bits per heavy atom. The molecule has 0 atom stereocenters. The second-order valence-electron chi connectivity index (χ2n) is 5.94. The molecule has 0 aromatic carbocycles. The summed E-state index contributed by atoms with van der Waals surface area (Å²) in [6.07, 6.45) is 3.58. The first kappa shape index (κ1) is 14.8. The van der Waals surface area contributed by atoms with Gasteiger partial charge in [0, 0.05) is 18.8 Å². The third-order valence-corrected chi connectivity index (χ3v) is 4.19. The number of aromatic carboxylic acids is 1. The number of aromatic nitrogens is 1. The fraction of sp³-hybridized carbons (Fsp3) is 0.625. The van der Waals surface area contributed by atoms with Crippen LogP contribution in [0.2, 0.25) is 0 Å². The lowest BCUT2D eigenvalue weighted by molar-refractivity contribution is 0.0696. The van der Waals surface area contributed by atoms with E-state index in [1.807, 2.05) is 13.8 Å². The quantitative estimate of drug-likeness (QED) is 0.914. The normalized spacial score (nSPS) is 16.7. The molecule has 1 N–H and O–H groups in total. The summed E-state index contributed by atoms with van der Waals surface area (Å²) in [6.45, 7) is 8.28. The summed E-state index contributed by atoms with van der Waals surface area (Å²) in [5, 5.41) is 9.25. The zero-order valence-electron chi connectivity index (χ0n) is 12.6. The molecule has 0 aliphatic carbocycles. The van der Waals surface area contributed by atoms with Gasteiger partial charge < -0.3 is 10.0 Å². The molecule has 0 amide bonds. The standard InChI is InChI=1S/C16H24N2O2/c1-4-12-5-7-18(8-6-12)15-10-13(16(19)20)9-14(17-15)11(2)3/h9-12H,4-8H2,1-3H3,(H,19,20). The summed E-state index contributed by atoms with van der Waals surface area (Å²) in [7, 11) is 0. The van der Waals surface area contributed by atoms with Crippen LogP contribution < -0.4 is 4.90 Å². The fourth-order valence-corrected chi connectivity index (χ4v) is 2.69. The van der Waals surface area contributed by atoms with Crippen LogP contribution in [0.25, 0.3) is 0 Å². The molecule has 4 heteroatoms. The van der Waals surface area contributed by atoms with E-state index in [1.165, 1.54) is 19.3 Å². The van der Waals surface area contributed by atoms with Crippen LogP contribution in [0.1, 0.15) is 62.0 Å². The topological polar surface area (TPSA) is 53.4 Å². The van der Waals surface area contributed by atoms with Gasteiger partial charge in [-0.25, -0.2) is 9.78 Å². The minimum Gasteiger partial charge on any atom is -0.478 e. The lowest BCUT2D eigenvalue weighted by Crippen LogP contribution is -2.34. The largest absolute Gasteiger partial charge is 0.478 e. The summed E-state index contributed by atoms with van der Waals surface area (Å²) in [5.41, 5.74) is 1.20. The minimum absolute atomic E-state index is 0.237. The molecule has 1 aliphatic rings. The molecule has 0 bridgehead atoms. The summed E-state index contributed by atoms with van der Waals surface area (Å²) in [5.74, 6) is 0.988. The molecule has 0 radical (unpaired) electrons. The zero-order chi connectivity index (χ0) is 14.7. The van der Waals surface area contributed by atoms with Gasteiger partial charge in [0.1, 0.15) is 5.82 Å². The highest BCUT2D eigenvalue weighted by molar-refractivity contribution is 5.88. The van der Waals surface area contributed by atoms with E-state index in [4.69, 9.17) is 0 Å². The first-order valence-electron chi connectivity index (χ1n) is 7.51. The Balaban J connectivity index is 2.24. The van der Waals surface area contributed by atoms with E-state index in [1.54, 1.807) is 12.1 Å². The predicted molar refractivity (Wildman–Crippen MR) is 80.5 cm³/mol. The molecule has 1 saturated heterocycles. The van der Waals surface area contributed by atoms with Crippen molar-refractivity contribution in [3.05, 3.63) is 23.4 Å². The second kappa shape index (κ2) is 6.25. The number of carbonyl (C=O) groups is 1. The molecule has 2 rings (SSSR count). The second-order valence-corrected chi connectivity index (χ2v) is 5.94. The van der Waals surface area contributed by atoms with Crippen molar-refractivity contribution in [2.75, 3.05) is 18.0 Å². The number of carboxylic acid groups (broad SMARTS) is 1. The van der Waals surface area contributed by atoms with Gasteiger partial charge in [-0.2, -0.15) is 0 Å². The van der Waals surface area contributed by atoms with E-state index in [0.717, 1.165) is 30.5 Å². The van der Waals surface area contributed by atoms with E-state index in [2.05, 4.69) is 16.8 Å². The maximum absolute atomic E-state index is 11.3. The molecule has 1 fully saturated rings. The van der Waals surface area contributed by atoms with Gasteiger partial charge in [0.15, 0.2) is 0 Å². The van der Waals surface area contributed by atoms with Crippen molar-refractivity contribution >= 4 is 11.8 Å². The highest BCUT2D eigenvalue weighted by Gasteiger charge is 2.20. The maximum atomic E-state index is 11.3. The lowest BCUT2D eigenvalue weighted by Gasteiger charge is -2.32. The van der Waals surface area contributed by atoms with Crippen LogP contribution in [0.5, 0.6) is 0 Å². The molecule has 0 saturated carbocycles. The van der Waals surface area contributed by atoms with Crippen LogP contribution in [0, 0.1) is 5.92 Å². The van der Waals surface area contributed by atoms with Crippen LogP contribution in [0.3, 0.4) is 0 Å². The van der Waals surface area contributed by atoms with Crippen LogP contribution in [-0.2, 0) is 0 Å². The van der Waals surface area contributed by atoms with Crippen molar-refractivity contribution in [2.45, 2.75) is 46.0 Å². The van der Waals surface area contributed by atoms with Crippen LogP contribution in [-0.4, -0.2) is 29.1 Å². The van der Waals surface area contributed by atoms with E-state index in [-0.39, 0.29) is 5.92 Å². The Hall–Kier alpha value is -1.58. The van der Waals surface area contributed by atoms with Crippen molar-refractivity contribution in [1.29, 1.82) is 0 Å². The first-order valence-corrected chi connectivity index (χ1v) is 7.51. The van der Waals surface area contributed by atoms with Gasteiger partial charge in [0.05, 0.1) is 5.56 Å². The molecule has 1 aromatic heterocycles.